The predicted octanol–water partition coefficient (Wildman–Crippen LogP) is 1.63. The molecule has 1 aromatic heterocycles. The lowest BCUT2D eigenvalue weighted by Crippen LogP contribution is -2.35. The summed E-state index contributed by atoms with van der Waals surface area (Å²) < 4.78 is 5.01. The third-order valence-corrected chi connectivity index (χ3v) is 2.67. The van der Waals surface area contributed by atoms with Crippen LogP contribution in [0.2, 0.25) is 0 Å². The molecule has 96 valence electrons. The van der Waals surface area contributed by atoms with E-state index in [1.165, 1.54) is 0 Å². The standard InChI is InChI=1S/C12H22N4O/c1-5-16(6-2)9-10(3)15-12-13-7-11(17-4)8-14-12/h7-8,10H,5-6,9H2,1-4H3,(H,13,14,15). The fourth-order valence-corrected chi connectivity index (χ4v) is 1.63. The zero-order valence-corrected chi connectivity index (χ0v) is 11.1. The van der Waals surface area contributed by atoms with Gasteiger partial charge in [-0.15, -0.1) is 0 Å². The SMILES string of the molecule is CCN(CC)CC(C)Nc1ncc(OC)cn1. The summed E-state index contributed by atoms with van der Waals surface area (Å²) in [4.78, 5) is 10.7. The van der Waals surface area contributed by atoms with Crippen molar-refractivity contribution in [2.24, 2.45) is 0 Å². The van der Waals surface area contributed by atoms with E-state index in [2.05, 4.69) is 41.0 Å². The van der Waals surface area contributed by atoms with Crippen molar-refractivity contribution in [3.05, 3.63) is 12.4 Å². The summed E-state index contributed by atoms with van der Waals surface area (Å²) in [6, 6.07) is 0.322. The summed E-state index contributed by atoms with van der Waals surface area (Å²) in [5, 5.41) is 3.27. The van der Waals surface area contributed by atoms with Crippen LogP contribution in [0.5, 0.6) is 5.75 Å². The van der Waals surface area contributed by atoms with Crippen LogP contribution in [0, 0.1) is 0 Å². The van der Waals surface area contributed by atoms with Crippen LogP contribution in [0.25, 0.3) is 0 Å². The highest BCUT2D eigenvalue weighted by Crippen LogP contribution is 2.08. The van der Waals surface area contributed by atoms with E-state index in [0.29, 0.717) is 17.7 Å². The van der Waals surface area contributed by atoms with Gasteiger partial charge in [0.2, 0.25) is 5.95 Å². The summed E-state index contributed by atoms with van der Waals surface area (Å²) in [6.07, 6.45) is 3.33. The number of nitrogens with zero attached hydrogens (tertiary/aromatic N) is 3. The van der Waals surface area contributed by atoms with Crippen LogP contribution in [-0.4, -0.2) is 47.7 Å². The first kappa shape index (κ1) is 13.7. The minimum atomic E-state index is 0.322. The summed E-state index contributed by atoms with van der Waals surface area (Å²) in [6.45, 7) is 9.58. The zero-order valence-electron chi connectivity index (χ0n) is 11.1. The summed E-state index contributed by atoms with van der Waals surface area (Å²) in [7, 11) is 1.61. The molecule has 0 bridgehead atoms. The number of ether oxygens (including phenoxy) is 1. The number of anilines is 1. The lowest BCUT2D eigenvalue weighted by atomic mass is 10.3. The van der Waals surface area contributed by atoms with Gasteiger partial charge in [0.05, 0.1) is 19.5 Å². The molecule has 0 aliphatic rings. The fourth-order valence-electron chi connectivity index (χ4n) is 1.63. The molecule has 17 heavy (non-hydrogen) atoms. The zero-order chi connectivity index (χ0) is 12.7. The van der Waals surface area contributed by atoms with E-state index in [-0.39, 0.29) is 0 Å². The number of hydrogen-bond donors (Lipinski definition) is 1. The Hall–Kier alpha value is -1.36. The van der Waals surface area contributed by atoms with Crippen molar-refractivity contribution >= 4 is 5.95 Å². The van der Waals surface area contributed by atoms with E-state index in [9.17, 15) is 0 Å². The maximum atomic E-state index is 5.01. The Kier molecular flexibility index (Phi) is 5.69. The van der Waals surface area contributed by atoms with Gasteiger partial charge in [0, 0.05) is 12.6 Å². The second kappa shape index (κ2) is 7.06. The monoisotopic (exact) mass is 238 g/mol. The predicted molar refractivity (Wildman–Crippen MR) is 69.5 cm³/mol. The normalized spacial score (nSPS) is 12.5. The average Bonchev–Trinajstić information content (AvgIpc) is 2.37. The molecule has 0 saturated carbocycles. The van der Waals surface area contributed by atoms with E-state index in [4.69, 9.17) is 4.74 Å². The van der Waals surface area contributed by atoms with Gasteiger partial charge >= 0.3 is 0 Å². The van der Waals surface area contributed by atoms with E-state index < -0.39 is 0 Å². The molecule has 5 heteroatoms. The van der Waals surface area contributed by atoms with Gasteiger partial charge in [-0.3, -0.25) is 0 Å². The molecule has 0 fully saturated rings. The van der Waals surface area contributed by atoms with Crippen LogP contribution in [0.1, 0.15) is 20.8 Å². The smallest absolute Gasteiger partial charge is 0.223 e. The van der Waals surface area contributed by atoms with Gasteiger partial charge in [-0.05, 0) is 20.0 Å². The fraction of sp³-hybridized carbons (Fsp3) is 0.667. The first-order valence-corrected chi connectivity index (χ1v) is 6.04. The average molecular weight is 238 g/mol. The van der Waals surface area contributed by atoms with Gasteiger partial charge < -0.3 is 15.0 Å². The van der Waals surface area contributed by atoms with Crippen LogP contribution in [0.15, 0.2) is 12.4 Å². The first-order chi connectivity index (χ1) is 8.19. The molecule has 0 radical (unpaired) electrons. The Labute approximate surface area is 103 Å². The largest absolute Gasteiger partial charge is 0.494 e. The molecule has 0 saturated heterocycles. The molecule has 1 heterocycles. The second-order valence-corrected chi connectivity index (χ2v) is 3.98. The molecule has 1 atom stereocenters. The van der Waals surface area contributed by atoms with Gasteiger partial charge in [0.15, 0.2) is 5.75 Å². The Bertz CT molecular complexity index is 311. The Morgan fingerprint density at radius 2 is 1.88 bits per heavy atom. The second-order valence-electron chi connectivity index (χ2n) is 3.98. The molecule has 0 aromatic carbocycles. The molecule has 0 aliphatic carbocycles. The van der Waals surface area contributed by atoms with E-state index in [0.717, 1.165) is 19.6 Å². The maximum absolute atomic E-state index is 5.01. The molecule has 1 aromatic rings. The third-order valence-electron chi connectivity index (χ3n) is 2.67. The lowest BCUT2D eigenvalue weighted by Gasteiger charge is -2.23. The molecule has 0 amide bonds. The molecule has 1 N–H and O–H groups in total. The number of hydrogen-bond acceptors (Lipinski definition) is 5. The van der Waals surface area contributed by atoms with Gasteiger partial charge in [0.25, 0.3) is 0 Å². The lowest BCUT2D eigenvalue weighted by molar-refractivity contribution is 0.294. The first-order valence-electron chi connectivity index (χ1n) is 6.04. The summed E-state index contributed by atoms with van der Waals surface area (Å²) >= 11 is 0. The highest BCUT2D eigenvalue weighted by atomic mass is 16.5. The molecular formula is C12H22N4O. The highest BCUT2D eigenvalue weighted by Gasteiger charge is 2.08. The number of methoxy groups -OCH3 is 1. The molecule has 1 unspecified atom stereocenters. The maximum Gasteiger partial charge on any atom is 0.223 e. The third kappa shape index (κ3) is 4.56. The molecule has 5 nitrogen and oxygen atoms in total. The minimum Gasteiger partial charge on any atom is -0.494 e. The highest BCUT2D eigenvalue weighted by molar-refractivity contribution is 5.28. The van der Waals surface area contributed by atoms with Crippen LogP contribution in [-0.2, 0) is 0 Å². The van der Waals surface area contributed by atoms with Crippen molar-refractivity contribution in [3.63, 3.8) is 0 Å². The van der Waals surface area contributed by atoms with Crippen molar-refractivity contribution in [2.45, 2.75) is 26.8 Å². The number of rotatable bonds is 7. The summed E-state index contributed by atoms with van der Waals surface area (Å²) in [5.41, 5.74) is 0. The number of nitrogens with one attached hydrogen (secondary N) is 1. The summed E-state index contributed by atoms with van der Waals surface area (Å²) in [5.74, 6) is 1.32. The van der Waals surface area contributed by atoms with E-state index in [1.807, 2.05) is 0 Å². The molecular weight excluding hydrogens is 216 g/mol. The van der Waals surface area contributed by atoms with Crippen molar-refractivity contribution in [1.82, 2.24) is 14.9 Å². The van der Waals surface area contributed by atoms with Gasteiger partial charge in [-0.25, -0.2) is 9.97 Å². The van der Waals surface area contributed by atoms with Crippen molar-refractivity contribution in [3.8, 4) is 5.75 Å². The number of likely N-dealkylation sites (N-methyl/N-ethyl adjacent to an activating group) is 1. The topological polar surface area (TPSA) is 50.3 Å². The van der Waals surface area contributed by atoms with Gasteiger partial charge in [-0.1, -0.05) is 13.8 Å². The van der Waals surface area contributed by atoms with Crippen LogP contribution >= 0.6 is 0 Å². The quantitative estimate of drug-likeness (QED) is 0.782. The van der Waals surface area contributed by atoms with Gasteiger partial charge in [0.1, 0.15) is 0 Å². The Morgan fingerprint density at radius 1 is 1.29 bits per heavy atom. The van der Waals surface area contributed by atoms with Crippen LogP contribution < -0.4 is 10.1 Å². The van der Waals surface area contributed by atoms with Crippen molar-refractivity contribution in [2.75, 3.05) is 32.1 Å². The minimum absolute atomic E-state index is 0.322. The molecule has 0 spiro atoms. The van der Waals surface area contributed by atoms with Crippen molar-refractivity contribution in [1.29, 1.82) is 0 Å². The Balaban J connectivity index is 2.46. The molecule has 1 rings (SSSR count). The number of aromatic nitrogens is 2. The van der Waals surface area contributed by atoms with Crippen molar-refractivity contribution < 1.29 is 4.74 Å². The van der Waals surface area contributed by atoms with Gasteiger partial charge in [-0.2, -0.15) is 0 Å². The van der Waals surface area contributed by atoms with Crippen LogP contribution in [0.3, 0.4) is 0 Å². The van der Waals surface area contributed by atoms with Crippen LogP contribution in [0.4, 0.5) is 5.95 Å². The van der Waals surface area contributed by atoms with E-state index >= 15 is 0 Å². The van der Waals surface area contributed by atoms with E-state index in [1.54, 1.807) is 19.5 Å². The Morgan fingerprint density at radius 3 is 2.35 bits per heavy atom. The molecule has 0 aliphatic heterocycles.